The maximum atomic E-state index is 11.7. The van der Waals surface area contributed by atoms with Gasteiger partial charge in [0, 0.05) is 0 Å². The molecule has 0 amide bonds. The van der Waals surface area contributed by atoms with Crippen molar-refractivity contribution in [3.05, 3.63) is 71.8 Å². The van der Waals surface area contributed by atoms with Gasteiger partial charge in [-0.05, 0) is 48.9 Å². The molecule has 4 nitrogen and oxygen atoms in total. The van der Waals surface area contributed by atoms with Crippen LogP contribution in [0.3, 0.4) is 0 Å². The minimum Gasteiger partial charge on any atom is -0.462 e. The third kappa shape index (κ3) is 15.1. The molecule has 0 spiro atoms. The van der Waals surface area contributed by atoms with Crippen LogP contribution >= 0.6 is 0 Å². The molecule has 2 aromatic carbocycles. The van der Waals surface area contributed by atoms with E-state index in [0.717, 1.165) is 31.6 Å². The standard InChI is InChI=1S/C16H24O2.C15H22O2/c1-14(2)10-6-3-4-9-13-18-16(17)15-11-7-5-8-12-15;1-3-5-9-13(4-2)12-17-15(16)14-10-7-6-8-11-14/h5,7-8,11-12,14H,3-4,6,9-10,13H2,1-2H3;6-8,10-11,13H,3-5,9,12H2,1-2H3. The first-order valence-corrected chi connectivity index (χ1v) is 13.4. The lowest BCUT2D eigenvalue weighted by atomic mass is 10.0. The topological polar surface area (TPSA) is 52.6 Å². The number of hydrogen-bond donors (Lipinski definition) is 0. The number of unbranched alkanes of at least 4 members (excludes halogenated alkanes) is 4. The van der Waals surface area contributed by atoms with E-state index in [1.807, 2.05) is 36.4 Å². The molecule has 0 saturated heterocycles. The molecule has 2 aromatic rings. The van der Waals surface area contributed by atoms with Gasteiger partial charge < -0.3 is 9.47 Å². The van der Waals surface area contributed by atoms with Crippen LogP contribution in [0.1, 0.15) is 106 Å². The normalized spacial score (nSPS) is 11.3. The van der Waals surface area contributed by atoms with Gasteiger partial charge in [0.05, 0.1) is 24.3 Å². The first-order chi connectivity index (χ1) is 17.0. The number of rotatable bonds is 15. The minimum atomic E-state index is -0.210. The summed E-state index contributed by atoms with van der Waals surface area (Å²) in [6.07, 6.45) is 10.6. The number of ether oxygens (including phenoxy) is 2. The van der Waals surface area contributed by atoms with E-state index in [2.05, 4.69) is 27.7 Å². The molecular formula is C31H46O4. The third-order valence-electron chi connectivity index (χ3n) is 5.92. The summed E-state index contributed by atoms with van der Waals surface area (Å²) in [5, 5.41) is 0. The van der Waals surface area contributed by atoms with Crippen molar-refractivity contribution in [3.8, 4) is 0 Å². The van der Waals surface area contributed by atoms with E-state index in [9.17, 15) is 9.59 Å². The van der Waals surface area contributed by atoms with Crippen molar-refractivity contribution >= 4 is 11.9 Å². The number of benzene rings is 2. The molecule has 0 aliphatic carbocycles. The number of hydrogen-bond acceptors (Lipinski definition) is 4. The van der Waals surface area contributed by atoms with Crippen molar-refractivity contribution in [2.75, 3.05) is 13.2 Å². The number of esters is 2. The fourth-order valence-corrected chi connectivity index (χ4v) is 3.58. The summed E-state index contributed by atoms with van der Waals surface area (Å²) in [5.41, 5.74) is 1.27. The van der Waals surface area contributed by atoms with Gasteiger partial charge in [-0.3, -0.25) is 0 Å². The summed E-state index contributed by atoms with van der Waals surface area (Å²) in [6, 6.07) is 18.3. The van der Waals surface area contributed by atoms with Gasteiger partial charge in [-0.15, -0.1) is 0 Å². The van der Waals surface area contributed by atoms with Crippen LogP contribution < -0.4 is 0 Å². The summed E-state index contributed by atoms with van der Waals surface area (Å²) < 4.78 is 10.6. The summed E-state index contributed by atoms with van der Waals surface area (Å²) in [6.45, 7) is 9.92. The Morgan fingerprint density at radius 3 is 1.74 bits per heavy atom. The van der Waals surface area contributed by atoms with Gasteiger partial charge in [-0.25, -0.2) is 9.59 Å². The van der Waals surface area contributed by atoms with Crippen molar-refractivity contribution in [1.82, 2.24) is 0 Å². The Hall–Kier alpha value is -2.62. The molecule has 0 aromatic heterocycles. The molecule has 0 radical (unpaired) electrons. The largest absolute Gasteiger partial charge is 0.462 e. The predicted molar refractivity (Wildman–Crippen MR) is 145 cm³/mol. The van der Waals surface area contributed by atoms with Crippen molar-refractivity contribution < 1.29 is 19.1 Å². The van der Waals surface area contributed by atoms with E-state index in [1.54, 1.807) is 24.3 Å². The summed E-state index contributed by atoms with van der Waals surface area (Å²) in [5.74, 6) is 0.877. The summed E-state index contributed by atoms with van der Waals surface area (Å²) in [7, 11) is 0. The lowest BCUT2D eigenvalue weighted by Crippen LogP contribution is -2.13. The Balaban J connectivity index is 0.000000351. The first kappa shape index (κ1) is 30.4. The van der Waals surface area contributed by atoms with Crippen molar-refractivity contribution in [2.24, 2.45) is 11.8 Å². The average molecular weight is 483 g/mol. The second-order valence-electron chi connectivity index (χ2n) is 9.48. The van der Waals surface area contributed by atoms with Crippen LogP contribution in [0.15, 0.2) is 60.7 Å². The molecule has 0 bridgehead atoms. The Morgan fingerprint density at radius 1 is 0.686 bits per heavy atom. The molecule has 0 saturated carbocycles. The zero-order valence-electron chi connectivity index (χ0n) is 22.3. The van der Waals surface area contributed by atoms with Gasteiger partial charge in [0.25, 0.3) is 0 Å². The molecule has 2 rings (SSSR count). The smallest absolute Gasteiger partial charge is 0.338 e. The Kier molecular flexibility index (Phi) is 17.1. The second-order valence-corrected chi connectivity index (χ2v) is 9.48. The highest BCUT2D eigenvalue weighted by Crippen LogP contribution is 2.14. The van der Waals surface area contributed by atoms with Crippen molar-refractivity contribution in [3.63, 3.8) is 0 Å². The highest BCUT2D eigenvalue weighted by molar-refractivity contribution is 5.89. The maximum Gasteiger partial charge on any atom is 0.338 e. The minimum absolute atomic E-state index is 0.208. The van der Waals surface area contributed by atoms with Gasteiger partial charge in [0.2, 0.25) is 0 Å². The zero-order chi connectivity index (χ0) is 25.7. The predicted octanol–water partition coefficient (Wildman–Crippen LogP) is 8.51. The third-order valence-corrected chi connectivity index (χ3v) is 5.92. The monoisotopic (exact) mass is 482 g/mol. The number of carbonyl (C=O) groups excluding carboxylic acids is 2. The van der Waals surface area contributed by atoms with Crippen LogP contribution in [0.5, 0.6) is 0 Å². The zero-order valence-corrected chi connectivity index (χ0v) is 22.3. The molecular weight excluding hydrogens is 436 g/mol. The Bertz CT molecular complexity index is 786. The Morgan fingerprint density at radius 2 is 1.23 bits per heavy atom. The molecule has 1 unspecified atom stereocenters. The fraction of sp³-hybridized carbons (Fsp3) is 0.548. The maximum absolute atomic E-state index is 11.7. The van der Waals surface area contributed by atoms with E-state index >= 15 is 0 Å². The highest BCUT2D eigenvalue weighted by Gasteiger charge is 2.11. The average Bonchev–Trinajstić information content (AvgIpc) is 2.89. The molecule has 1 atom stereocenters. The van der Waals surface area contributed by atoms with E-state index in [-0.39, 0.29) is 11.9 Å². The van der Waals surface area contributed by atoms with Crippen LogP contribution in [0.2, 0.25) is 0 Å². The van der Waals surface area contributed by atoms with E-state index in [1.165, 1.54) is 32.1 Å². The van der Waals surface area contributed by atoms with E-state index in [4.69, 9.17) is 9.47 Å². The molecule has 35 heavy (non-hydrogen) atoms. The molecule has 0 N–H and O–H groups in total. The van der Waals surface area contributed by atoms with Gasteiger partial charge in [-0.2, -0.15) is 0 Å². The van der Waals surface area contributed by atoms with Crippen molar-refractivity contribution in [2.45, 2.75) is 85.5 Å². The van der Waals surface area contributed by atoms with E-state index in [0.29, 0.717) is 30.3 Å². The molecule has 0 aliphatic rings. The second kappa shape index (κ2) is 19.7. The summed E-state index contributed by atoms with van der Waals surface area (Å²) >= 11 is 0. The molecule has 4 heteroatoms. The molecule has 0 fully saturated rings. The van der Waals surface area contributed by atoms with Gasteiger partial charge >= 0.3 is 11.9 Å². The Labute approximate surface area is 213 Å². The quantitative estimate of drug-likeness (QED) is 0.189. The number of carbonyl (C=O) groups is 2. The lowest BCUT2D eigenvalue weighted by Gasteiger charge is -2.14. The van der Waals surface area contributed by atoms with Crippen LogP contribution in [-0.2, 0) is 9.47 Å². The van der Waals surface area contributed by atoms with Crippen LogP contribution in [-0.4, -0.2) is 25.2 Å². The van der Waals surface area contributed by atoms with Gasteiger partial charge in [-0.1, -0.05) is 109 Å². The first-order valence-electron chi connectivity index (χ1n) is 13.4. The van der Waals surface area contributed by atoms with Crippen LogP contribution in [0.25, 0.3) is 0 Å². The molecule has 0 aliphatic heterocycles. The molecule has 0 heterocycles. The van der Waals surface area contributed by atoms with Crippen LogP contribution in [0.4, 0.5) is 0 Å². The highest BCUT2D eigenvalue weighted by atomic mass is 16.5. The van der Waals surface area contributed by atoms with Gasteiger partial charge in [0.15, 0.2) is 0 Å². The fourth-order valence-electron chi connectivity index (χ4n) is 3.58. The van der Waals surface area contributed by atoms with E-state index < -0.39 is 0 Å². The lowest BCUT2D eigenvalue weighted by molar-refractivity contribution is 0.0427. The molecule has 194 valence electrons. The van der Waals surface area contributed by atoms with Crippen molar-refractivity contribution in [1.29, 1.82) is 0 Å². The summed E-state index contributed by atoms with van der Waals surface area (Å²) in [4.78, 5) is 23.3. The van der Waals surface area contributed by atoms with Gasteiger partial charge in [0.1, 0.15) is 0 Å². The SMILES string of the molecule is CC(C)CCCCCCOC(=O)c1ccccc1.CCCCC(CC)COC(=O)c1ccccc1. The van der Waals surface area contributed by atoms with Crippen LogP contribution in [0, 0.1) is 11.8 Å².